The third kappa shape index (κ3) is 3.04. The summed E-state index contributed by atoms with van der Waals surface area (Å²) >= 11 is 0. The van der Waals surface area contributed by atoms with Gasteiger partial charge in [0.25, 0.3) is 0 Å². The van der Waals surface area contributed by atoms with Crippen molar-refractivity contribution in [3.63, 3.8) is 0 Å². The van der Waals surface area contributed by atoms with E-state index in [1.807, 2.05) is 18.2 Å². The third-order valence-electron chi connectivity index (χ3n) is 3.28. The quantitative estimate of drug-likeness (QED) is 0.810. The molecule has 1 fully saturated rings. The maximum absolute atomic E-state index is 11.8. The number of carbonyl (C=O) groups excluding carboxylic acids is 1. The highest BCUT2D eigenvalue weighted by Gasteiger charge is 2.32. The smallest absolute Gasteiger partial charge is 0.410 e. The number of benzene rings is 1. The molecule has 1 amide bonds. The first kappa shape index (κ1) is 12.5. The molecule has 3 heteroatoms. The minimum absolute atomic E-state index is 0.471. The predicted molar refractivity (Wildman–Crippen MR) is 70.3 cm³/mol. The van der Waals surface area contributed by atoms with E-state index in [0.29, 0.717) is 5.75 Å². The summed E-state index contributed by atoms with van der Waals surface area (Å²) in [6.45, 7) is 0. The summed E-state index contributed by atoms with van der Waals surface area (Å²) in [5.74, 6) is 3.25. The lowest BCUT2D eigenvalue weighted by atomic mass is 9.82. The molecule has 0 atom stereocenters. The van der Waals surface area contributed by atoms with Crippen LogP contribution in [-0.2, 0) is 0 Å². The highest BCUT2D eigenvalue weighted by Crippen LogP contribution is 2.27. The SMILES string of the molecule is C#CC1(NC(=O)Oc2ccccc2)CCCCC1. The highest BCUT2D eigenvalue weighted by molar-refractivity contribution is 5.72. The topological polar surface area (TPSA) is 38.3 Å². The summed E-state index contributed by atoms with van der Waals surface area (Å²) in [7, 11) is 0. The van der Waals surface area contributed by atoms with E-state index in [1.165, 1.54) is 6.42 Å². The second-order valence-electron chi connectivity index (χ2n) is 4.61. The molecule has 1 aromatic carbocycles. The predicted octanol–water partition coefficient (Wildman–Crippen LogP) is 3.11. The lowest BCUT2D eigenvalue weighted by molar-refractivity contribution is 0.183. The van der Waals surface area contributed by atoms with Gasteiger partial charge in [-0.25, -0.2) is 4.79 Å². The molecule has 1 aromatic rings. The summed E-state index contributed by atoms with van der Waals surface area (Å²) in [5, 5.41) is 2.83. The van der Waals surface area contributed by atoms with Crippen molar-refractivity contribution in [2.45, 2.75) is 37.6 Å². The fraction of sp³-hybridized carbons (Fsp3) is 0.400. The van der Waals surface area contributed by atoms with Crippen LogP contribution in [0.25, 0.3) is 0 Å². The average Bonchev–Trinajstić information content (AvgIpc) is 2.41. The molecule has 1 aliphatic rings. The van der Waals surface area contributed by atoms with Crippen LogP contribution in [0.2, 0.25) is 0 Å². The largest absolute Gasteiger partial charge is 0.413 e. The Balaban J connectivity index is 1.96. The molecular formula is C15H17NO2. The number of amides is 1. The Morgan fingerprint density at radius 1 is 1.22 bits per heavy atom. The molecule has 0 saturated heterocycles. The minimum atomic E-state index is -0.524. The monoisotopic (exact) mass is 243 g/mol. The van der Waals surface area contributed by atoms with Crippen LogP contribution in [0.1, 0.15) is 32.1 Å². The Kier molecular flexibility index (Phi) is 3.88. The molecule has 1 saturated carbocycles. The van der Waals surface area contributed by atoms with Crippen LogP contribution in [0.5, 0.6) is 5.75 Å². The van der Waals surface area contributed by atoms with E-state index in [2.05, 4.69) is 11.2 Å². The summed E-state index contributed by atoms with van der Waals surface area (Å²) in [5.41, 5.74) is -0.524. The molecule has 0 spiro atoms. The number of hydrogen-bond acceptors (Lipinski definition) is 2. The number of terminal acetylenes is 1. The fourth-order valence-corrected chi connectivity index (χ4v) is 2.28. The summed E-state index contributed by atoms with van der Waals surface area (Å²) in [4.78, 5) is 11.8. The summed E-state index contributed by atoms with van der Waals surface area (Å²) in [6.07, 6.45) is 10.0. The van der Waals surface area contributed by atoms with E-state index in [4.69, 9.17) is 11.2 Å². The second-order valence-corrected chi connectivity index (χ2v) is 4.61. The van der Waals surface area contributed by atoms with Gasteiger partial charge in [-0.2, -0.15) is 0 Å². The number of rotatable bonds is 2. The maximum atomic E-state index is 11.8. The Hall–Kier alpha value is -1.95. The molecule has 0 aromatic heterocycles. The first-order valence-electron chi connectivity index (χ1n) is 6.27. The normalized spacial score (nSPS) is 17.5. The second kappa shape index (κ2) is 5.59. The number of ether oxygens (including phenoxy) is 1. The average molecular weight is 243 g/mol. The van der Waals surface area contributed by atoms with Gasteiger partial charge in [0, 0.05) is 0 Å². The zero-order chi connectivity index (χ0) is 12.8. The molecule has 2 rings (SSSR count). The van der Waals surface area contributed by atoms with Crippen LogP contribution in [0.15, 0.2) is 30.3 Å². The number of para-hydroxylation sites is 1. The van der Waals surface area contributed by atoms with Crippen molar-refractivity contribution in [2.24, 2.45) is 0 Å². The number of hydrogen-bond donors (Lipinski definition) is 1. The maximum Gasteiger partial charge on any atom is 0.413 e. The molecule has 18 heavy (non-hydrogen) atoms. The molecule has 0 radical (unpaired) electrons. The zero-order valence-electron chi connectivity index (χ0n) is 10.3. The van der Waals surface area contributed by atoms with Gasteiger partial charge in [0.15, 0.2) is 0 Å². The molecule has 0 bridgehead atoms. The van der Waals surface area contributed by atoms with Crippen molar-refractivity contribution in [3.05, 3.63) is 30.3 Å². The molecule has 3 nitrogen and oxygen atoms in total. The Morgan fingerprint density at radius 2 is 1.89 bits per heavy atom. The van der Waals surface area contributed by atoms with Gasteiger partial charge >= 0.3 is 6.09 Å². The van der Waals surface area contributed by atoms with Gasteiger partial charge in [0.2, 0.25) is 0 Å². The molecule has 1 aliphatic carbocycles. The van der Waals surface area contributed by atoms with E-state index in [0.717, 1.165) is 25.7 Å². The molecule has 0 unspecified atom stereocenters. The van der Waals surface area contributed by atoms with E-state index in [9.17, 15) is 4.79 Å². The first-order valence-corrected chi connectivity index (χ1v) is 6.27. The van der Waals surface area contributed by atoms with E-state index < -0.39 is 11.6 Å². The van der Waals surface area contributed by atoms with E-state index in [1.54, 1.807) is 12.1 Å². The fourth-order valence-electron chi connectivity index (χ4n) is 2.28. The van der Waals surface area contributed by atoms with Crippen molar-refractivity contribution in [2.75, 3.05) is 0 Å². The molecule has 1 N–H and O–H groups in total. The molecule has 0 heterocycles. The van der Waals surface area contributed by atoms with Gasteiger partial charge in [0.1, 0.15) is 11.3 Å². The van der Waals surface area contributed by atoms with Crippen molar-refractivity contribution in [3.8, 4) is 18.1 Å². The lowest BCUT2D eigenvalue weighted by Gasteiger charge is -2.32. The molecule has 94 valence electrons. The van der Waals surface area contributed by atoms with Gasteiger partial charge in [-0.3, -0.25) is 0 Å². The molecule has 0 aliphatic heterocycles. The van der Waals surface area contributed by atoms with Gasteiger partial charge in [-0.05, 0) is 25.0 Å². The van der Waals surface area contributed by atoms with E-state index >= 15 is 0 Å². The van der Waals surface area contributed by atoms with Crippen molar-refractivity contribution in [1.29, 1.82) is 0 Å². The summed E-state index contributed by atoms with van der Waals surface area (Å²) < 4.78 is 5.20. The van der Waals surface area contributed by atoms with Gasteiger partial charge < -0.3 is 10.1 Å². The van der Waals surface area contributed by atoms with Crippen LogP contribution in [0, 0.1) is 12.3 Å². The van der Waals surface area contributed by atoms with E-state index in [-0.39, 0.29) is 0 Å². The minimum Gasteiger partial charge on any atom is -0.410 e. The van der Waals surface area contributed by atoms with Crippen molar-refractivity contribution in [1.82, 2.24) is 5.32 Å². The Labute approximate surface area is 108 Å². The van der Waals surface area contributed by atoms with Crippen LogP contribution < -0.4 is 10.1 Å². The van der Waals surface area contributed by atoms with Crippen LogP contribution in [0.3, 0.4) is 0 Å². The third-order valence-corrected chi connectivity index (χ3v) is 3.28. The lowest BCUT2D eigenvalue weighted by Crippen LogP contribution is -2.49. The van der Waals surface area contributed by atoms with Crippen molar-refractivity contribution >= 4 is 6.09 Å². The highest BCUT2D eigenvalue weighted by atomic mass is 16.6. The Bertz CT molecular complexity index is 441. The standard InChI is InChI=1S/C15H17NO2/c1-2-15(11-7-4-8-12-15)16-14(17)18-13-9-5-3-6-10-13/h1,3,5-6,9-10H,4,7-8,11-12H2,(H,16,17). The van der Waals surface area contributed by atoms with Gasteiger partial charge in [-0.1, -0.05) is 43.4 Å². The van der Waals surface area contributed by atoms with Crippen LogP contribution in [-0.4, -0.2) is 11.6 Å². The van der Waals surface area contributed by atoms with Gasteiger partial charge in [-0.15, -0.1) is 6.42 Å². The Morgan fingerprint density at radius 3 is 2.50 bits per heavy atom. The molecular weight excluding hydrogens is 226 g/mol. The summed E-state index contributed by atoms with van der Waals surface area (Å²) in [6, 6.07) is 8.99. The first-order chi connectivity index (χ1) is 8.74. The van der Waals surface area contributed by atoms with Gasteiger partial charge in [0.05, 0.1) is 0 Å². The van der Waals surface area contributed by atoms with Crippen LogP contribution >= 0.6 is 0 Å². The zero-order valence-corrected chi connectivity index (χ0v) is 10.3. The number of carbonyl (C=O) groups is 1. The van der Waals surface area contributed by atoms with Crippen molar-refractivity contribution < 1.29 is 9.53 Å². The van der Waals surface area contributed by atoms with Crippen LogP contribution in [0.4, 0.5) is 4.79 Å². The number of nitrogens with one attached hydrogen (secondary N) is 1.